The van der Waals surface area contributed by atoms with E-state index in [0.717, 1.165) is 12.8 Å². The predicted octanol–water partition coefficient (Wildman–Crippen LogP) is 2.89. The molecule has 0 spiro atoms. The third kappa shape index (κ3) is 4.89. The number of nitrogens with zero attached hydrogens (tertiary/aromatic N) is 2. The van der Waals surface area contributed by atoms with E-state index in [0.29, 0.717) is 23.6 Å². The maximum atomic E-state index is 13.3. The van der Waals surface area contributed by atoms with Crippen LogP contribution in [0.4, 0.5) is 5.69 Å². The molecular formula is C25H30N4O5S. The summed E-state index contributed by atoms with van der Waals surface area (Å²) in [5, 5.41) is 2.92. The lowest BCUT2D eigenvalue weighted by atomic mass is 10.1. The van der Waals surface area contributed by atoms with E-state index in [2.05, 4.69) is 10.0 Å². The molecular weight excluding hydrogens is 468 g/mol. The van der Waals surface area contributed by atoms with Crippen LogP contribution in [0.25, 0.3) is 5.69 Å². The summed E-state index contributed by atoms with van der Waals surface area (Å²) in [6, 6.07) is 13.1. The number of benzene rings is 2. The van der Waals surface area contributed by atoms with E-state index in [-0.39, 0.29) is 34.2 Å². The van der Waals surface area contributed by atoms with Crippen LogP contribution in [0.2, 0.25) is 0 Å². The van der Waals surface area contributed by atoms with Gasteiger partial charge in [0, 0.05) is 19.2 Å². The highest BCUT2D eigenvalue weighted by Gasteiger charge is 2.26. The van der Waals surface area contributed by atoms with Crippen molar-refractivity contribution in [3.8, 4) is 5.69 Å². The Kier molecular flexibility index (Phi) is 6.86. The molecule has 2 heterocycles. The molecule has 0 radical (unpaired) electrons. The third-order valence-corrected chi connectivity index (χ3v) is 7.78. The Labute approximate surface area is 204 Å². The molecule has 1 saturated heterocycles. The molecule has 0 bridgehead atoms. The van der Waals surface area contributed by atoms with E-state index in [9.17, 15) is 18.0 Å². The lowest BCUT2D eigenvalue weighted by Crippen LogP contribution is -2.41. The van der Waals surface area contributed by atoms with Crippen molar-refractivity contribution in [2.24, 2.45) is 7.05 Å². The van der Waals surface area contributed by atoms with E-state index in [4.69, 9.17) is 4.74 Å². The standard InChI is InChI=1S/C25H30N4O5S/c1-16-12-13-20(15-21(16)24(30)26-17(2)22-11-8-14-34-22)35(32,33)27-23-18(3)28(4)29(25(23)31)19-9-6-5-7-10-19/h5-7,9-10,12-13,15,17,22,27H,8,11,14H2,1-4H3,(H,26,30). The summed E-state index contributed by atoms with van der Waals surface area (Å²) in [6.45, 7) is 5.96. The Hall–Kier alpha value is -3.37. The van der Waals surface area contributed by atoms with Crippen LogP contribution in [0.1, 0.15) is 41.4 Å². The topological polar surface area (TPSA) is 111 Å². The lowest BCUT2D eigenvalue weighted by Gasteiger charge is -2.20. The molecule has 35 heavy (non-hydrogen) atoms. The van der Waals surface area contributed by atoms with E-state index in [1.165, 1.54) is 16.8 Å². The molecule has 1 aromatic heterocycles. The largest absolute Gasteiger partial charge is 0.376 e. The van der Waals surface area contributed by atoms with Gasteiger partial charge in [0.05, 0.1) is 28.4 Å². The second-order valence-electron chi connectivity index (χ2n) is 8.83. The fourth-order valence-corrected chi connectivity index (χ4v) is 5.41. The van der Waals surface area contributed by atoms with E-state index >= 15 is 0 Å². The van der Waals surface area contributed by atoms with Crippen LogP contribution in [0.15, 0.2) is 58.2 Å². The molecule has 2 unspecified atom stereocenters. The number of rotatable bonds is 7. The summed E-state index contributed by atoms with van der Waals surface area (Å²) >= 11 is 0. The van der Waals surface area contributed by atoms with Gasteiger partial charge in [-0.05, 0) is 63.4 Å². The number of nitrogens with one attached hydrogen (secondary N) is 2. The van der Waals surface area contributed by atoms with Crippen molar-refractivity contribution < 1.29 is 17.9 Å². The zero-order chi connectivity index (χ0) is 25.3. The number of ether oxygens (including phenoxy) is 1. The molecule has 4 rings (SSSR count). The minimum Gasteiger partial charge on any atom is -0.376 e. The summed E-state index contributed by atoms with van der Waals surface area (Å²) in [5.41, 5.74) is 1.43. The van der Waals surface area contributed by atoms with Gasteiger partial charge < -0.3 is 10.1 Å². The van der Waals surface area contributed by atoms with Gasteiger partial charge >= 0.3 is 0 Å². The average molecular weight is 499 g/mol. The second-order valence-corrected chi connectivity index (χ2v) is 10.5. The van der Waals surface area contributed by atoms with Crippen molar-refractivity contribution in [3.05, 3.63) is 75.7 Å². The zero-order valence-corrected chi connectivity index (χ0v) is 21.1. The molecule has 186 valence electrons. The summed E-state index contributed by atoms with van der Waals surface area (Å²) < 4.78 is 37.6. The van der Waals surface area contributed by atoms with E-state index < -0.39 is 15.6 Å². The Bertz CT molecular complexity index is 1400. The van der Waals surface area contributed by atoms with Gasteiger partial charge in [0.15, 0.2) is 0 Å². The van der Waals surface area contributed by atoms with Gasteiger partial charge in [0.1, 0.15) is 5.69 Å². The monoisotopic (exact) mass is 498 g/mol. The third-order valence-electron chi connectivity index (χ3n) is 6.44. The normalized spacial score (nSPS) is 16.7. The van der Waals surface area contributed by atoms with Crippen molar-refractivity contribution in [2.75, 3.05) is 11.3 Å². The Morgan fingerprint density at radius 2 is 1.86 bits per heavy atom. The molecule has 1 fully saturated rings. The smallest absolute Gasteiger partial charge is 0.296 e. The number of aromatic nitrogens is 2. The maximum absolute atomic E-state index is 13.3. The fourth-order valence-electron chi connectivity index (χ4n) is 4.27. The Morgan fingerprint density at radius 3 is 2.51 bits per heavy atom. The van der Waals surface area contributed by atoms with Gasteiger partial charge in [-0.15, -0.1) is 0 Å². The number of carbonyl (C=O) groups is 1. The van der Waals surface area contributed by atoms with Gasteiger partial charge in [0.25, 0.3) is 21.5 Å². The average Bonchev–Trinajstić information content (AvgIpc) is 3.44. The molecule has 3 aromatic rings. The minimum absolute atomic E-state index is 0.0464. The number of sulfonamides is 1. The second kappa shape index (κ2) is 9.71. The lowest BCUT2D eigenvalue weighted by molar-refractivity contribution is 0.0712. The highest BCUT2D eigenvalue weighted by Crippen LogP contribution is 2.22. The first-order chi connectivity index (χ1) is 16.6. The van der Waals surface area contributed by atoms with Crippen LogP contribution in [0, 0.1) is 13.8 Å². The first kappa shape index (κ1) is 24.7. The molecule has 2 aromatic carbocycles. The molecule has 1 aliphatic rings. The first-order valence-electron chi connectivity index (χ1n) is 11.5. The maximum Gasteiger partial charge on any atom is 0.296 e. The first-order valence-corrected chi connectivity index (χ1v) is 13.0. The van der Waals surface area contributed by atoms with Gasteiger partial charge in [-0.2, -0.15) is 0 Å². The number of amides is 1. The Morgan fingerprint density at radius 1 is 1.14 bits per heavy atom. The van der Waals surface area contributed by atoms with Gasteiger partial charge in [-0.3, -0.25) is 19.0 Å². The molecule has 1 aliphatic heterocycles. The molecule has 10 heteroatoms. The number of aryl methyl sites for hydroxylation is 1. The molecule has 2 N–H and O–H groups in total. The van der Waals surface area contributed by atoms with Gasteiger partial charge in [0.2, 0.25) is 0 Å². The van der Waals surface area contributed by atoms with Crippen LogP contribution in [0.5, 0.6) is 0 Å². The summed E-state index contributed by atoms with van der Waals surface area (Å²) in [6.07, 6.45) is 1.77. The molecule has 1 amide bonds. The van der Waals surface area contributed by atoms with Crippen LogP contribution < -0.4 is 15.6 Å². The van der Waals surface area contributed by atoms with Crippen LogP contribution in [-0.4, -0.2) is 42.4 Å². The summed E-state index contributed by atoms with van der Waals surface area (Å²) in [4.78, 5) is 26.0. The van der Waals surface area contributed by atoms with Gasteiger partial charge in [-0.1, -0.05) is 24.3 Å². The van der Waals surface area contributed by atoms with E-state index in [1.54, 1.807) is 55.9 Å². The summed E-state index contributed by atoms with van der Waals surface area (Å²) in [5.74, 6) is -0.370. The SMILES string of the molecule is Cc1ccc(S(=O)(=O)Nc2c(C)n(C)n(-c3ccccc3)c2=O)cc1C(=O)NC(C)C1CCCO1. The van der Waals surface area contributed by atoms with Crippen LogP contribution in [-0.2, 0) is 21.8 Å². The number of anilines is 1. The Balaban J connectivity index is 1.63. The van der Waals surface area contributed by atoms with Crippen molar-refractivity contribution in [1.82, 2.24) is 14.7 Å². The van der Waals surface area contributed by atoms with Crippen LogP contribution >= 0.6 is 0 Å². The van der Waals surface area contributed by atoms with Crippen molar-refractivity contribution in [3.63, 3.8) is 0 Å². The molecule has 9 nitrogen and oxygen atoms in total. The highest BCUT2D eigenvalue weighted by molar-refractivity contribution is 7.92. The van der Waals surface area contributed by atoms with Gasteiger partial charge in [-0.25, -0.2) is 13.1 Å². The fraction of sp³-hybridized carbons (Fsp3) is 0.360. The summed E-state index contributed by atoms with van der Waals surface area (Å²) in [7, 11) is -2.46. The zero-order valence-electron chi connectivity index (χ0n) is 20.2. The number of para-hydroxylation sites is 1. The molecule has 0 saturated carbocycles. The van der Waals surface area contributed by atoms with Crippen LogP contribution in [0.3, 0.4) is 0 Å². The van der Waals surface area contributed by atoms with E-state index in [1.807, 2.05) is 13.0 Å². The van der Waals surface area contributed by atoms with Crippen molar-refractivity contribution >= 4 is 21.6 Å². The van der Waals surface area contributed by atoms with Crippen molar-refractivity contribution in [2.45, 2.75) is 50.7 Å². The molecule has 2 atom stereocenters. The number of hydrogen-bond donors (Lipinski definition) is 2. The minimum atomic E-state index is -4.14. The quantitative estimate of drug-likeness (QED) is 0.520. The number of carbonyl (C=O) groups excluding carboxylic acids is 1. The predicted molar refractivity (Wildman–Crippen MR) is 134 cm³/mol. The number of hydrogen-bond acceptors (Lipinski definition) is 5. The molecule has 0 aliphatic carbocycles. The van der Waals surface area contributed by atoms with Crippen molar-refractivity contribution in [1.29, 1.82) is 0 Å². The highest BCUT2D eigenvalue weighted by atomic mass is 32.2.